The number of aliphatic carboxylic acids is 1. The molecule has 0 saturated carbocycles. The van der Waals surface area contributed by atoms with Crippen LogP contribution in [0.25, 0.3) is 10.9 Å². The largest absolute Gasteiger partial charge is 0.479 e. The van der Waals surface area contributed by atoms with Crippen molar-refractivity contribution >= 4 is 68.3 Å². The molecule has 0 spiro atoms. The minimum absolute atomic E-state index is 0.000914. The molecule has 2 aromatic carbocycles. The quantitative estimate of drug-likeness (QED) is 0.0579. The van der Waals surface area contributed by atoms with Crippen molar-refractivity contribution in [2.24, 2.45) is 23.5 Å². The molecule has 71 heavy (non-hydrogen) atoms. The molecule has 0 saturated heterocycles. The van der Waals surface area contributed by atoms with Crippen LogP contribution >= 0.6 is 15.9 Å². The number of nitriles is 1. The molecule has 1 heterocycles. The third-order valence-electron chi connectivity index (χ3n) is 12.6. The van der Waals surface area contributed by atoms with E-state index in [4.69, 9.17) is 15.7 Å². The molecule has 5 amide bonds. The van der Waals surface area contributed by atoms with Crippen molar-refractivity contribution in [3.05, 3.63) is 70.3 Å². The van der Waals surface area contributed by atoms with Gasteiger partial charge in [0.25, 0.3) is 0 Å². The summed E-state index contributed by atoms with van der Waals surface area (Å²) in [4.78, 5) is 101. The highest BCUT2D eigenvalue weighted by Crippen LogP contribution is 2.26. The number of esters is 1. The molecule has 0 aliphatic heterocycles. The van der Waals surface area contributed by atoms with Gasteiger partial charge in [-0.15, -0.1) is 0 Å². The van der Waals surface area contributed by atoms with Crippen molar-refractivity contribution in [2.75, 3.05) is 21.1 Å². The average molecular weight is 1050 g/mol. The molecular weight excluding hydrogens is 973 g/mol. The van der Waals surface area contributed by atoms with Crippen molar-refractivity contribution in [3.63, 3.8) is 0 Å². The highest BCUT2D eigenvalue weighted by molar-refractivity contribution is 9.10. The van der Waals surface area contributed by atoms with Gasteiger partial charge in [0.1, 0.15) is 30.2 Å². The first-order valence-electron chi connectivity index (χ1n) is 24.7. The average Bonchev–Trinajstić information content (AvgIpc) is 3.66. The molecule has 3 aromatic rings. The van der Waals surface area contributed by atoms with Gasteiger partial charge in [-0.25, -0.2) is 9.59 Å². The van der Waals surface area contributed by atoms with E-state index < -0.39 is 77.9 Å². The van der Waals surface area contributed by atoms with Crippen molar-refractivity contribution < 1.29 is 43.4 Å². The van der Waals surface area contributed by atoms with E-state index in [0.29, 0.717) is 19.4 Å². The number of carboxylic acid groups (broad SMARTS) is 1. The summed E-state index contributed by atoms with van der Waals surface area (Å²) >= 11 is 3.50. The number of amides is 5. The summed E-state index contributed by atoms with van der Waals surface area (Å²) in [5.74, 6) is -5.48. The third-order valence-corrected chi connectivity index (χ3v) is 13.2. The van der Waals surface area contributed by atoms with Gasteiger partial charge < -0.3 is 45.5 Å². The predicted molar refractivity (Wildman–Crippen MR) is 276 cm³/mol. The summed E-state index contributed by atoms with van der Waals surface area (Å²) in [5, 5.41) is 25.3. The predicted octanol–water partition coefficient (Wildman–Crippen LogP) is 6.42. The van der Waals surface area contributed by atoms with E-state index in [9.17, 15) is 29.1 Å². The number of hydrogen-bond acceptors (Lipinski definition) is 10. The number of aromatic nitrogens is 1. The van der Waals surface area contributed by atoms with E-state index in [0.717, 1.165) is 44.2 Å². The van der Waals surface area contributed by atoms with Gasteiger partial charge in [0.05, 0.1) is 12.1 Å². The fraction of sp³-hybridized carbons (Fsp3) is 0.585. The Bertz CT molecular complexity index is 2330. The lowest BCUT2D eigenvalue weighted by Gasteiger charge is -2.35. The van der Waals surface area contributed by atoms with Crippen LogP contribution in [-0.2, 0) is 51.3 Å². The molecule has 1 aromatic heterocycles. The van der Waals surface area contributed by atoms with E-state index in [1.54, 1.807) is 7.05 Å². The minimum Gasteiger partial charge on any atom is -0.479 e. The molecule has 0 radical (unpaired) electrons. The molecule has 0 aliphatic carbocycles. The molecule has 3 rings (SSSR count). The number of hydrogen-bond donors (Lipinski definition) is 4. The Morgan fingerprint density at radius 3 is 1.83 bits per heavy atom. The molecule has 390 valence electrons. The number of unbranched alkanes of at least 4 members (excludes halogenated alkanes) is 1. The first kappa shape index (κ1) is 59.5. The molecule has 0 aliphatic rings. The van der Waals surface area contributed by atoms with Gasteiger partial charge in [0, 0.05) is 68.5 Å². The van der Waals surface area contributed by atoms with Gasteiger partial charge in [-0.1, -0.05) is 108 Å². The summed E-state index contributed by atoms with van der Waals surface area (Å²) in [6.07, 6.45) is 2.63. The fourth-order valence-corrected chi connectivity index (χ4v) is 8.71. The van der Waals surface area contributed by atoms with E-state index in [-0.39, 0.29) is 55.8 Å². The van der Waals surface area contributed by atoms with Crippen LogP contribution in [0.3, 0.4) is 0 Å². The molecule has 5 N–H and O–H groups in total. The lowest BCUT2D eigenvalue weighted by atomic mass is 9.97. The maximum absolute atomic E-state index is 15.1. The number of nitrogens with zero attached hydrogens (tertiary/aromatic N) is 5. The number of nitrogens with two attached hydrogens (primary N) is 1. The highest BCUT2D eigenvalue weighted by atomic mass is 79.9. The minimum atomic E-state index is -1.60. The maximum atomic E-state index is 15.1. The number of carbonyl (C=O) groups excluding carboxylic acids is 6. The normalized spacial score (nSPS) is 14.4. The number of ether oxygens (including phenoxy) is 1. The zero-order valence-corrected chi connectivity index (χ0v) is 45.0. The lowest BCUT2D eigenvalue weighted by Crippen LogP contribution is -2.60. The molecule has 0 fully saturated rings. The number of carbonyl (C=O) groups is 7. The molecule has 18 heteroatoms. The zero-order chi connectivity index (χ0) is 53.3. The number of para-hydroxylation sites is 1. The van der Waals surface area contributed by atoms with Crippen molar-refractivity contribution in [2.45, 2.75) is 162 Å². The second-order valence-electron chi connectivity index (χ2n) is 19.9. The summed E-state index contributed by atoms with van der Waals surface area (Å²) in [5.41, 5.74) is 8.96. The first-order chi connectivity index (χ1) is 33.4. The topological polar surface area (TPSA) is 237 Å². The number of likely N-dealkylation sites (N-methyl/N-ethyl adjacent to an activating group) is 3. The Balaban J connectivity index is 2.12. The van der Waals surface area contributed by atoms with Crippen LogP contribution in [0.2, 0.25) is 0 Å². The summed E-state index contributed by atoms with van der Waals surface area (Å²) in [6.45, 7) is 15.3. The van der Waals surface area contributed by atoms with E-state index >= 15 is 9.59 Å². The molecule has 0 unspecified atom stereocenters. The summed E-state index contributed by atoms with van der Waals surface area (Å²) in [7, 11) is 4.40. The van der Waals surface area contributed by atoms with Crippen molar-refractivity contribution in [3.8, 4) is 6.07 Å². The van der Waals surface area contributed by atoms with Crippen LogP contribution in [0.1, 0.15) is 118 Å². The number of benzene rings is 2. The van der Waals surface area contributed by atoms with Crippen LogP contribution in [-0.4, -0.2) is 129 Å². The SMILES string of the molecule is CCCC[C@H](N)C(=O)N(C)[C@@H](CC(C)C)C(=O)N[C@@H](CC(C)C)C(=O)N(C)[C@@H](Cc1cn(Cc2ccc(Br)cc2)c2ccccc12)C(=O)N[C@@H](CC(C)C)C(=O)N(C)[C@@H](C)C(=O)O[C@H](CCC#N)C(=O)O. The Morgan fingerprint density at radius 1 is 0.761 bits per heavy atom. The van der Waals surface area contributed by atoms with Gasteiger partial charge in [0.15, 0.2) is 6.10 Å². The molecule has 7 atom stereocenters. The van der Waals surface area contributed by atoms with Crippen LogP contribution in [0.5, 0.6) is 0 Å². The molecular formula is C53H77BrN8O9. The first-order valence-corrected chi connectivity index (χ1v) is 25.5. The van der Waals surface area contributed by atoms with Crippen LogP contribution in [0.15, 0.2) is 59.2 Å². The lowest BCUT2D eigenvalue weighted by molar-refractivity contribution is -0.169. The Kier molecular flexibility index (Phi) is 23.7. The number of halogens is 1. The summed E-state index contributed by atoms with van der Waals surface area (Å²) in [6, 6.07) is 10.9. The Morgan fingerprint density at radius 2 is 1.30 bits per heavy atom. The van der Waals surface area contributed by atoms with Gasteiger partial charge in [-0.2, -0.15) is 5.26 Å². The molecule has 0 bridgehead atoms. The maximum Gasteiger partial charge on any atom is 0.345 e. The highest BCUT2D eigenvalue weighted by Gasteiger charge is 2.39. The third kappa shape index (κ3) is 17.5. The van der Waals surface area contributed by atoms with Crippen LogP contribution in [0.4, 0.5) is 0 Å². The second kappa shape index (κ2) is 28.3. The number of rotatable bonds is 28. The van der Waals surface area contributed by atoms with Gasteiger partial charge in [-0.3, -0.25) is 24.0 Å². The summed E-state index contributed by atoms with van der Waals surface area (Å²) < 4.78 is 8.22. The van der Waals surface area contributed by atoms with Crippen LogP contribution in [0, 0.1) is 29.1 Å². The van der Waals surface area contributed by atoms with Gasteiger partial charge in [0.2, 0.25) is 29.5 Å². The van der Waals surface area contributed by atoms with Crippen molar-refractivity contribution in [1.82, 2.24) is 29.9 Å². The smallest absolute Gasteiger partial charge is 0.345 e. The second-order valence-corrected chi connectivity index (χ2v) is 20.8. The number of carboxylic acids is 1. The molecule has 17 nitrogen and oxygen atoms in total. The zero-order valence-electron chi connectivity index (χ0n) is 43.4. The Hall–Kier alpha value is -5.80. The fourth-order valence-electron chi connectivity index (χ4n) is 8.45. The van der Waals surface area contributed by atoms with E-state index in [2.05, 4.69) is 31.1 Å². The standard InChI is InChI=1S/C53H77BrN8O9/c1-12-13-18-40(56)49(65)60(10)44(28-34(6)7)47(63)58-42(27-33(4)5)51(67)61(11)45(29-37-31-62(43-19-15-14-17-39(37)43)30-36-21-23-38(54)24-22-36)48(64)57-41(26-32(2)3)50(66)59(9)35(8)53(70)71-46(52(68)69)20-16-25-55/h14-15,17,19,21-24,31-35,40-42,44-46H,12-13,16,18,20,26-30,56H2,1-11H3,(H,57,64)(H,58,63)(H,68,69)/t35-,40-,41-,42-,44-,45-,46+/m0/s1. The number of nitrogens with one attached hydrogen (secondary N) is 2. The van der Waals surface area contributed by atoms with E-state index in [1.165, 1.54) is 30.8 Å². The van der Waals surface area contributed by atoms with E-state index in [1.807, 2.05) is 109 Å². The number of fused-ring (bicyclic) bond motifs is 1. The van der Waals surface area contributed by atoms with Gasteiger partial charge in [-0.05, 0) is 79.7 Å². The van der Waals surface area contributed by atoms with Crippen LogP contribution < -0.4 is 16.4 Å². The Labute approximate surface area is 428 Å². The van der Waals surface area contributed by atoms with Crippen molar-refractivity contribution in [1.29, 1.82) is 5.26 Å². The monoisotopic (exact) mass is 1050 g/mol. The van der Waals surface area contributed by atoms with Gasteiger partial charge >= 0.3 is 11.9 Å².